The zero-order valence-electron chi connectivity index (χ0n) is 11.1. The molecule has 106 valence electrons. The van der Waals surface area contributed by atoms with E-state index in [1.54, 1.807) is 13.8 Å². The number of halogens is 3. The van der Waals surface area contributed by atoms with Crippen molar-refractivity contribution in [2.24, 2.45) is 5.92 Å². The first-order chi connectivity index (χ1) is 8.29. The number of rotatable bonds is 5. The fourth-order valence-corrected chi connectivity index (χ4v) is 2.41. The van der Waals surface area contributed by atoms with Crippen molar-refractivity contribution in [1.29, 1.82) is 0 Å². The molecule has 0 amide bonds. The van der Waals surface area contributed by atoms with Crippen LogP contribution < -0.4 is 0 Å². The molecule has 0 spiro atoms. The van der Waals surface area contributed by atoms with Gasteiger partial charge in [0.25, 0.3) is 0 Å². The Balaban J connectivity index is 2.51. The molecule has 2 nitrogen and oxygen atoms in total. The van der Waals surface area contributed by atoms with Gasteiger partial charge in [-0.25, -0.2) is 0 Å². The summed E-state index contributed by atoms with van der Waals surface area (Å²) in [6.45, 7) is 2.32. The van der Waals surface area contributed by atoms with Crippen molar-refractivity contribution in [1.82, 2.24) is 4.90 Å². The molecule has 0 aromatic heterocycles. The summed E-state index contributed by atoms with van der Waals surface area (Å²) in [5.74, 6) is -0.0408. The van der Waals surface area contributed by atoms with Gasteiger partial charge < -0.3 is 0 Å². The van der Waals surface area contributed by atoms with E-state index in [0.717, 1.165) is 32.1 Å². The van der Waals surface area contributed by atoms with Crippen molar-refractivity contribution in [2.75, 3.05) is 13.1 Å². The lowest BCUT2D eigenvalue weighted by Crippen LogP contribution is -2.43. The molecule has 1 rings (SSSR count). The van der Waals surface area contributed by atoms with Gasteiger partial charge in [0.15, 0.2) is 0 Å². The average molecular weight is 265 g/mol. The number of hydrogen-bond acceptors (Lipinski definition) is 2. The summed E-state index contributed by atoms with van der Waals surface area (Å²) < 4.78 is 37.2. The average Bonchev–Trinajstić information content (AvgIpc) is 2.27. The van der Waals surface area contributed by atoms with Crippen LogP contribution in [-0.2, 0) is 4.79 Å². The van der Waals surface area contributed by atoms with E-state index in [9.17, 15) is 18.0 Å². The number of carbonyl (C=O) groups excluding carboxylic acids is 1. The second-order valence-electron chi connectivity index (χ2n) is 5.42. The fraction of sp³-hybridized carbons (Fsp3) is 0.923. The predicted octanol–water partition coefficient (Wildman–Crippen LogP) is 3.41. The van der Waals surface area contributed by atoms with Crippen LogP contribution in [0.1, 0.15) is 46.0 Å². The summed E-state index contributed by atoms with van der Waals surface area (Å²) in [6.07, 6.45) is 0.639. The lowest BCUT2D eigenvalue weighted by molar-refractivity contribution is -0.152. The molecule has 1 saturated carbocycles. The van der Waals surface area contributed by atoms with E-state index >= 15 is 0 Å². The molecule has 0 aliphatic heterocycles. The fourth-order valence-electron chi connectivity index (χ4n) is 2.41. The summed E-state index contributed by atoms with van der Waals surface area (Å²) in [7, 11) is 0. The Kier molecular flexibility index (Phi) is 5.63. The highest BCUT2D eigenvalue weighted by molar-refractivity contribution is 5.83. The zero-order valence-corrected chi connectivity index (χ0v) is 11.1. The van der Waals surface area contributed by atoms with Crippen LogP contribution in [0, 0.1) is 5.92 Å². The standard InChI is InChI=1S/C13H22F3NO/c1-10(2)17(9-13(14,15)16)8-12(18)11-6-4-3-5-7-11/h10-11H,3-9H2,1-2H3. The number of ketones is 1. The second kappa shape index (κ2) is 6.55. The first-order valence-corrected chi connectivity index (χ1v) is 6.63. The summed E-state index contributed by atoms with van der Waals surface area (Å²) in [5, 5.41) is 0. The van der Waals surface area contributed by atoms with Crippen LogP contribution in [0.4, 0.5) is 13.2 Å². The number of carbonyl (C=O) groups is 1. The van der Waals surface area contributed by atoms with Crippen molar-refractivity contribution in [2.45, 2.75) is 58.2 Å². The predicted molar refractivity (Wildman–Crippen MR) is 64.3 cm³/mol. The van der Waals surface area contributed by atoms with Gasteiger partial charge >= 0.3 is 6.18 Å². The molecule has 0 atom stereocenters. The van der Waals surface area contributed by atoms with Crippen molar-refractivity contribution < 1.29 is 18.0 Å². The second-order valence-corrected chi connectivity index (χ2v) is 5.42. The van der Waals surface area contributed by atoms with Crippen LogP contribution in [0.15, 0.2) is 0 Å². The minimum Gasteiger partial charge on any atom is -0.298 e. The van der Waals surface area contributed by atoms with Crippen LogP contribution in [0.3, 0.4) is 0 Å². The first kappa shape index (κ1) is 15.5. The van der Waals surface area contributed by atoms with E-state index in [1.807, 2.05) is 0 Å². The molecule has 0 heterocycles. The Labute approximate surface area is 107 Å². The summed E-state index contributed by atoms with van der Waals surface area (Å²) in [5.41, 5.74) is 0. The summed E-state index contributed by atoms with van der Waals surface area (Å²) >= 11 is 0. The lowest BCUT2D eigenvalue weighted by Gasteiger charge is -2.29. The van der Waals surface area contributed by atoms with Gasteiger partial charge in [-0.1, -0.05) is 19.3 Å². The van der Waals surface area contributed by atoms with Crippen LogP contribution in [0.5, 0.6) is 0 Å². The highest BCUT2D eigenvalue weighted by Crippen LogP contribution is 2.25. The molecule has 0 aromatic rings. The third kappa shape index (κ3) is 5.38. The largest absolute Gasteiger partial charge is 0.401 e. The SMILES string of the molecule is CC(C)N(CC(=O)C1CCCCC1)CC(F)(F)F. The minimum atomic E-state index is -4.24. The topological polar surface area (TPSA) is 20.3 Å². The smallest absolute Gasteiger partial charge is 0.298 e. The van der Waals surface area contributed by atoms with E-state index in [2.05, 4.69) is 0 Å². The molecule has 0 saturated heterocycles. The molecule has 1 fully saturated rings. The van der Waals surface area contributed by atoms with Gasteiger partial charge in [0.05, 0.1) is 13.1 Å². The van der Waals surface area contributed by atoms with Crippen LogP contribution in [0.2, 0.25) is 0 Å². The van der Waals surface area contributed by atoms with Crippen molar-refractivity contribution in [3.63, 3.8) is 0 Å². The maximum absolute atomic E-state index is 12.4. The molecule has 5 heteroatoms. The van der Waals surface area contributed by atoms with E-state index in [0.29, 0.717) is 0 Å². The van der Waals surface area contributed by atoms with Gasteiger partial charge in [-0.05, 0) is 26.7 Å². The normalized spacial score (nSPS) is 18.6. The Morgan fingerprint density at radius 1 is 1.22 bits per heavy atom. The monoisotopic (exact) mass is 265 g/mol. The molecule has 1 aliphatic carbocycles. The molecular weight excluding hydrogens is 243 g/mol. The quantitative estimate of drug-likeness (QED) is 0.759. The third-order valence-electron chi connectivity index (χ3n) is 3.53. The van der Waals surface area contributed by atoms with Gasteiger partial charge in [-0.15, -0.1) is 0 Å². The summed E-state index contributed by atoms with van der Waals surface area (Å²) in [4.78, 5) is 13.2. The Morgan fingerprint density at radius 3 is 2.22 bits per heavy atom. The Hall–Kier alpha value is -0.580. The van der Waals surface area contributed by atoms with E-state index < -0.39 is 12.7 Å². The van der Waals surface area contributed by atoms with Crippen LogP contribution >= 0.6 is 0 Å². The molecular formula is C13H22F3NO. The molecule has 0 N–H and O–H groups in total. The minimum absolute atomic E-state index is 0.0202. The van der Waals surface area contributed by atoms with Crippen molar-refractivity contribution >= 4 is 5.78 Å². The van der Waals surface area contributed by atoms with Gasteiger partial charge in [0.2, 0.25) is 0 Å². The van der Waals surface area contributed by atoms with E-state index in [4.69, 9.17) is 0 Å². The van der Waals surface area contributed by atoms with Gasteiger partial charge in [0.1, 0.15) is 5.78 Å². The Bertz CT molecular complexity index is 270. The molecule has 0 bridgehead atoms. The lowest BCUT2D eigenvalue weighted by atomic mass is 9.86. The van der Waals surface area contributed by atoms with E-state index in [1.165, 1.54) is 4.90 Å². The summed E-state index contributed by atoms with van der Waals surface area (Å²) in [6, 6.07) is -0.265. The maximum atomic E-state index is 12.4. The molecule has 1 aliphatic rings. The van der Waals surface area contributed by atoms with Gasteiger partial charge in [0, 0.05) is 12.0 Å². The highest BCUT2D eigenvalue weighted by atomic mass is 19.4. The molecule has 0 radical (unpaired) electrons. The maximum Gasteiger partial charge on any atom is 0.401 e. The zero-order chi connectivity index (χ0) is 13.8. The number of nitrogens with zero attached hydrogens (tertiary/aromatic N) is 1. The van der Waals surface area contributed by atoms with Crippen molar-refractivity contribution in [3.05, 3.63) is 0 Å². The molecule has 18 heavy (non-hydrogen) atoms. The van der Waals surface area contributed by atoms with Gasteiger partial charge in [-0.3, -0.25) is 9.69 Å². The van der Waals surface area contributed by atoms with Crippen molar-refractivity contribution in [3.8, 4) is 0 Å². The van der Waals surface area contributed by atoms with Crippen LogP contribution in [0.25, 0.3) is 0 Å². The number of alkyl halides is 3. The molecule has 0 unspecified atom stereocenters. The highest BCUT2D eigenvalue weighted by Gasteiger charge is 2.33. The Morgan fingerprint density at radius 2 is 1.78 bits per heavy atom. The number of hydrogen-bond donors (Lipinski definition) is 0. The number of Topliss-reactive ketones (excluding diaryl/α,β-unsaturated/α-hetero) is 1. The molecule has 0 aromatic carbocycles. The van der Waals surface area contributed by atoms with Gasteiger partial charge in [-0.2, -0.15) is 13.2 Å². The third-order valence-corrected chi connectivity index (χ3v) is 3.53. The van der Waals surface area contributed by atoms with E-state index in [-0.39, 0.29) is 24.3 Å². The first-order valence-electron chi connectivity index (χ1n) is 6.63. The van der Waals surface area contributed by atoms with Crippen LogP contribution in [-0.4, -0.2) is 36.0 Å².